The number of rotatable bonds is 6. The number of aryl methyl sites for hydroxylation is 1. The van der Waals surface area contributed by atoms with E-state index in [1.54, 1.807) is 0 Å². The average Bonchev–Trinajstić information content (AvgIpc) is 2.56. The number of carbonyl (C=O) groups is 1. The van der Waals surface area contributed by atoms with Gasteiger partial charge in [0.15, 0.2) is 0 Å². The monoisotopic (exact) mass is 327 g/mol. The molecule has 0 bridgehead atoms. The van der Waals surface area contributed by atoms with Crippen LogP contribution in [0.25, 0.3) is 0 Å². The van der Waals surface area contributed by atoms with Gasteiger partial charge in [-0.05, 0) is 24.6 Å². The molecule has 0 radical (unpaired) electrons. The number of non-ortho nitro benzene ring substituents is 1. The summed E-state index contributed by atoms with van der Waals surface area (Å²) in [4.78, 5) is 21.7. The summed E-state index contributed by atoms with van der Waals surface area (Å²) in [5.74, 6) is -0.832. The van der Waals surface area contributed by atoms with Gasteiger partial charge >= 0.3 is 0 Å². The summed E-state index contributed by atoms with van der Waals surface area (Å²) in [5.41, 5.74) is 3.96. The van der Waals surface area contributed by atoms with Gasteiger partial charge in [-0.25, -0.2) is 5.43 Å². The normalized spacial score (nSPS) is 10.5. The molecule has 24 heavy (non-hydrogen) atoms. The lowest BCUT2D eigenvalue weighted by molar-refractivity contribution is -0.385. The Labute approximate surface area is 138 Å². The van der Waals surface area contributed by atoms with E-state index in [2.05, 4.69) is 15.8 Å². The van der Waals surface area contributed by atoms with Gasteiger partial charge in [-0.2, -0.15) is 5.10 Å². The summed E-state index contributed by atoms with van der Waals surface area (Å²) in [6, 6.07) is 10.8. The molecule has 124 valence electrons. The first-order chi connectivity index (χ1) is 11.5. The minimum atomic E-state index is -0.610. The molecule has 2 N–H and O–H groups in total. The van der Waals surface area contributed by atoms with Crippen molar-refractivity contribution in [1.29, 1.82) is 0 Å². The number of nitro groups is 1. The molecule has 0 atom stereocenters. The van der Waals surface area contributed by atoms with Crippen LogP contribution in [0.1, 0.15) is 11.1 Å². The predicted molar refractivity (Wildman–Crippen MR) is 87.9 cm³/mol. The van der Waals surface area contributed by atoms with Crippen molar-refractivity contribution >= 4 is 23.5 Å². The Morgan fingerprint density at radius 1 is 1.25 bits per heavy atom. The molecule has 0 unspecified atom stereocenters. The van der Waals surface area contributed by atoms with Crippen LogP contribution in [0, 0.1) is 17.0 Å². The molecule has 0 aliphatic heterocycles. The molecular formula is C16H15N4O4-. The highest BCUT2D eigenvalue weighted by Gasteiger charge is 2.05. The van der Waals surface area contributed by atoms with E-state index in [1.807, 2.05) is 31.2 Å². The van der Waals surface area contributed by atoms with E-state index in [0.717, 1.165) is 35.7 Å². The van der Waals surface area contributed by atoms with Crippen molar-refractivity contribution in [1.82, 2.24) is 5.43 Å². The minimum absolute atomic E-state index is 0.000426. The van der Waals surface area contributed by atoms with E-state index < -0.39 is 16.6 Å². The number of nitrogens with one attached hydrogen (secondary N) is 2. The molecule has 8 heteroatoms. The lowest BCUT2D eigenvalue weighted by atomic mass is 10.2. The molecule has 0 aliphatic carbocycles. The summed E-state index contributed by atoms with van der Waals surface area (Å²) in [5, 5.41) is 28.8. The van der Waals surface area contributed by atoms with E-state index in [1.165, 1.54) is 0 Å². The SMILES string of the molecule is Cc1ccc(NCC(=O)N/N=C\c2cc([N+](=O)[O-])ccc2[O-])cc1. The highest BCUT2D eigenvalue weighted by molar-refractivity contribution is 5.86. The molecule has 2 aromatic rings. The van der Waals surface area contributed by atoms with Crippen molar-refractivity contribution in [3.8, 4) is 5.75 Å². The molecular weight excluding hydrogens is 312 g/mol. The zero-order valence-electron chi connectivity index (χ0n) is 12.9. The lowest BCUT2D eigenvalue weighted by Gasteiger charge is -2.09. The van der Waals surface area contributed by atoms with Gasteiger partial charge in [-0.1, -0.05) is 29.5 Å². The van der Waals surface area contributed by atoms with Gasteiger partial charge in [0.2, 0.25) is 0 Å². The quantitative estimate of drug-likeness (QED) is 0.474. The van der Waals surface area contributed by atoms with E-state index >= 15 is 0 Å². The van der Waals surface area contributed by atoms with Crippen molar-refractivity contribution in [2.75, 3.05) is 11.9 Å². The molecule has 0 aliphatic rings. The molecule has 0 spiro atoms. The van der Waals surface area contributed by atoms with E-state index in [4.69, 9.17) is 0 Å². The van der Waals surface area contributed by atoms with Gasteiger partial charge in [-0.3, -0.25) is 14.9 Å². The van der Waals surface area contributed by atoms with E-state index in [-0.39, 0.29) is 17.8 Å². The number of anilines is 1. The van der Waals surface area contributed by atoms with Crippen LogP contribution in [-0.4, -0.2) is 23.6 Å². The second-order valence-corrected chi connectivity index (χ2v) is 4.99. The Kier molecular flexibility index (Phi) is 5.45. The minimum Gasteiger partial charge on any atom is -0.872 e. The van der Waals surface area contributed by atoms with Crippen LogP contribution < -0.4 is 15.8 Å². The third-order valence-electron chi connectivity index (χ3n) is 3.10. The summed E-state index contributed by atoms with van der Waals surface area (Å²) < 4.78 is 0. The Bertz CT molecular complexity index is 772. The Morgan fingerprint density at radius 2 is 1.96 bits per heavy atom. The highest BCUT2D eigenvalue weighted by Crippen LogP contribution is 2.18. The van der Waals surface area contributed by atoms with Gasteiger partial charge in [-0.15, -0.1) is 0 Å². The van der Waals surface area contributed by atoms with Crippen molar-refractivity contribution in [3.05, 3.63) is 63.7 Å². The number of benzene rings is 2. The van der Waals surface area contributed by atoms with Crippen LogP contribution >= 0.6 is 0 Å². The predicted octanol–water partition coefficient (Wildman–Crippen LogP) is 1.54. The van der Waals surface area contributed by atoms with Crippen LogP contribution in [0.15, 0.2) is 47.6 Å². The zero-order valence-corrected chi connectivity index (χ0v) is 12.9. The molecule has 2 aromatic carbocycles. The number of carbonyl (C=O) groups excluding carboxylic acids is 1. The molecule has 8 nitrogen and oxygen atoms in total. The maximum absolute atomic E-state index is 11.7. The maximum Gasteiger partial charge on any atom is 0.270 e. The molecule has 0 heterocycles. The average molecular weight is 327 g/mol. The molecule has 0 aromatic heterocycles. The molecule has 2 rings (SSSR count). The number of amides is 1. The van der Waals surface area contributed by atoms with Crippen molar-refractivity contribution in [2.45, 2.75) is 6.92 Å². The van der Waals surface area contributed by atoms with Gasteiger partial charge < -0.3 is 10.4 Å². The van der Waals surface area contributed by atoms with Crippen LogP contribution in [0.5, 0.6) is 5.75 Å². The molecule has 0 fully saturated rings. The first-order valence-corrected chi connectivity index (χ1v) is 7.03. The topological polar surface area (TPSA) is 120 Å². The lowest BCUT2D eigenvalue weighted by Crippen LogP contribution is -2.25. The van der Waals surface area contributed by atoms with Gasteiger partial charge in [0.05, 0.1) is 17.7 Å². The van der Waals surface area contributed by atoms with Crippen LogP contribution in [-0.2, 0) is 4.79 Å². The highest BCUT2D eigenvalue weighted by atomic mass is 16.6. The standard InChI is InChI=1S/C16H16N4O4/c1-11-2-4-13(5-3-11)17-10-16(22)19-18-9-12-8-14(20(23)24)6-7-15(12)21/h2-9,17,21H,10H2,1H3,(H,19,22)/p-1/b18-9-. The van der Waals surface area contributed by atoms with Gasteiger partial charge in [0.1, 0.15) is 0 Å². The first-order valence-electron chi connectivity index (χ1n) is 7.03. The van der Waals surface area contributed by atoms with E-state index in [9.17, 15) is 20.0 Å². The second kappa shape index (κ2) is 7.73. The Hall–Kier alpha value is -3.42. The van der Waals surface area contributed by atoms with Gasteiger partial charge in [0, 0.05) is 17.8 Å². The third kappa shape index (κ3) is 4.80. The third-order valence-corrected chi connectivity index (χ3v) is 3.10. The number of nitro benzene ring substituents is 1. The number of nitrogens with zero attached hydrogens (tertiary/aromatic N) is 2. The summed E-state index contributed by atoms with van der Waals surface area (Å²) in [7, 11) is 0. The molecule has 1 amide bonds. The fourth-order valence-corrected chi connectivity index (χ4v) is 1.82. The Balaban J connectivity index is 1.89. The fourth-order valence-electron chi connectivity index (χ4n) is 1.82. The Morgan fingerprint density at radius 3 is 2.62 bits per heavy atom. The second-order valence-electron chi connectivity index (χ2n) is 4.99. The first kappa shape index (κ1) is 16.9. The van der Waals surface area contributed by atoms with Gasteiger partial charge in [0.25, 0.3) is 11.6 Å². The van der Waals surface area contributed by atoms with Crippen molar-refractivity contribution < 1.29 is 14.8 Å². The molecule has 0 saturated carbocycles. The smallest absolute Gasteiger partial charge is 0.270 e. The van der Waals surface area contributed by atoms with E-state index in [0.29, 0.717) is 0 Å². The fraction of sp³-hybridized carbons (Fsp3) is 0.125. The zero-order chi connectivity index (χ0) is 17.5. The number of hydrogen-bond acceptors (Lipinski definition) is 6. The van der Waals surface area contributed by atoms with Crippen LogP contribution in [0.4, 0.5) is 11.4 Å². The van der Waals surface area contributed by atoms with Crippen molar-refractivity contribution in [3.63, 3.8) is 0 Å². The summed E-state index contributed by atoms with van der Waals surface area (Å²) >= 11 is 0. The van der Waals surface area contributed by atoms with Crippen LogP contribution in [0.2, 0.25) is 0 Å². The largest absolute Gasteiger partial charge is 0.872 e. The van der Waals surface area contributed by atoms with Crippen molar-refractivity contribution in [2.24, 2.45) is 5.10 Å². The number of hydrogen-bond donors (Lipinski definition) is 2. The maximum atomic E-state index is 11.7. The molecule has 0 saturated heterocycles. The summed E-state index contributed by atoms with van der Waals surface area (Å²) in [6.07, 6.45) is 1.08. The summed E-state index contributed by atoms with van der Waals surface area (Å²) in [6.45, 7) is 1.96. The van der Waals surface area contributed by atoms with Crippen LogP contribution in [0.3, 0.4) is 0 Å². The number of hydrazone groups is 1.